The molecule has 2 atom stereocenters. The van der Waals surface area contributed by atoms with Gasteiger partial charge in [-0.15, -0.1) is 0 Å². The molecule has 0 aliphatic rings. The zero-order valence-corrected chi connectivity index (χ0v) is 28.8. The van der Waals surface area contributed by atoms with E-state index in [1.807, 2.05) is 68.4 Å². The number of amides is 2. The highest BCUT2D eigenvalue weighted by Crippen LogP contribution is 2.30. The average Bonchev–Trinajstić information content (AvgIpc) is 3.02. The van der Waals surface area contributed by atoms with Crippen LogP contribution in [-0.2, 0) is 32.6 Å². The van der Waals surface area contributed by atoms with Crippen LogP contribution in [0.25, 0.3) is 0 Å². The second-order valence-corrected chi connectivity index (χ2v) is 14.3. The number of nitrogens with zero attached hydrogens (tertiary/aromatic N) is 2. The second kappa shape index (κ2) is 15.8. The molecule has 0 saturated heterocycles. The number of hydrogen-bond donors (Lipinski definition) is 1. The quantitative estimate of drug-likeness (QED) is 0.154. The fourth-order valence-corrected chi connectivity index (χ4v) is 6.91. The van der Waals surface area contributed by atoms with Gasteiger partial charge in [0.2, 0.25) is 11.8 Å². The molecule has 0 radical (unpaired) electrons. The maximum atomic E-state index is 14.5. The Balaban J connectivity index is 1.82. The summed E-state index contributed by atoms with van der Waals surface area (Å²) < 4.78 is 30.0. The van der Waals surface area contributed by atoms with Gasteiger partial charge in [0.1, 0.15) is 12.6 Å². The van der Waals surface area contributed by atoms with Crippen molar-refractivity contribution in [2.75, 3.05) is 10.8 Å². The Kier molecular flexibility index (Phi) is 12.1. The summed E-state index contributed by atoms with van der Waals surface area (Å²) in [5, 5.41) is 3.45. The molecule has 0 bridgehead atoms. The Morgan fingerprint density at radius 3 is 2.00 bits per heavy atom. The van der Waals surface area contributed by atoms with E-state index in [1.54, 1.807) is 18.2 Å². The van der Waals surface area contributed by atoms with Crippen LogP contribution in [0.2, 0.25) is 10.0 Å². The molecule has 0 unspecified atom stereocenters. The van der Waals surface area contributed by atoms with Gasteiger partial charge in [-0.25, -0.2) is 8.42 Å². The predicted molar refractivity (Wildman–Crippen MR) is 184 cm³/mol. The molecule has 45 heavy (non-hydrogen) atoms. The molecule has 0 aliphatic heterocycles. The third kappa shape index (κ3) is 9.33. The van der Waals surface area contributed by atoms with Crippen molar-refractivity contribution in [2.45, 2.75) is 50.2 Å². The molecule has 7 nitrogen and oxygen atoms in total. The van der Waals surface area contributed by atoms with E-state index in [4.69, 9.17) is 23.2 Å². The largest absolute Gasteiger partial charge is 0.352 e. The lowest BCUT2D eigenvalue weighted by Gasteiger charge is -2.34. The number of rotatable bonds is 13. The van der Waals surface area contributed by atoms with Crippen LogP contribution in [0.4, 0.5) is 5.69 Å². The van der Waals surface area contributed by atoms with E-state index < -0.39 is 28.5 Å². The van der Waals surface area contributed by atoms with Gasteiger partial charge in [0, 0.05) is 33.5 Å². The number of nitrogens with one attached hydrogen (secondary N) is 1. The first kappa shape index (κ1) is 34.5. The fraction of sp³-hybridized carbons (Fsp3) is 0.235. The Bertz CT molecular complexity index is 1690. The first-order chi connectivity index (χ1) is 21.5. The van der Waals surface area contributed by atoms with Crippen LogP contribution >= 0.6 is 39.1 Å². The maximum absolute atomic E-state index is 14.5. The summed E-state index contributed by atoms with van der Waals surface area (Å²) in [4.78, 5) is 29.8. The van der Waals surface area contributed by atoms with E-state index in [0.717, 1.165) is 19.9 Å². The van der Waals surface area contributed by atoms with Crippen LogP contribution in [0.3, 0.4) is 0 Å². The van der Waals surface area contributed by atoms with Crippen molar-refractivity contribution in [3.8, 4) is 0 Å². The molecule has 4 aromatic rings. The minimum atomic E-state index is -4.26. The van der Waals surface area contributed by atoms with E-state index in [0.29, 0.717) is 6.42 Å². The molecule has 0 spiro atoms. The maximum Gasteiger partial charge on any atom is 0.264 e. The van der Waals surface area contributed by atoms with Crippen LogP contribution in [0.1, 0.15) is 31.4 Å². The summed E-state index contributed by atoms with van der Waals surface area (Å²) in [5.74, 6) is -0.907. The van der Waals surface area contributed by atoms with Crippen molar-refractivity contribution >= 4 is 66.7 Å². The topological polar surface area (TPSA) is 86.8 Å². The van der Waals surface area contributed by atoms with Crippen molar-refractivity contribution in [1.82, 2.24) is 10.2 Å². The van der Waals surface area contributed by atoms with Gasteiger partial charge in [-0.1, -0.05) is 107 Å². The lowest BCUT2D eigenvalue weighted by Crippen LogP contribution is -2.54. The molecule has 11 heteroatoms. The van der Waals surface area contributed by atoms with Gasteiger partial charge in [-0.05, 0) is 66.9 Å². The van der Waals surface area contributed by atoms with E-state index in [2.05, 4.69) is 21.2 Å². The van der Waals surface area contributed by atoms with Crippen molar-refractivity contribution in [3.05, 3.63) is 129 Å². The summed E-state index contributed by atoms with van der Waals surface area (Å²) in [7, 11) is -4.26. The molecule has 0 saturated carbocycles. The standard InChI is InChI=1S/C34H34BrCl2N3O4S/c1-3-24(2)38-34(42)32(18-25-10-6-4-7-11-25)39(22-26-14-16-27(35)17-15-26)33(41)23-40(30-20-28(36)19-29(37)21-30)45(43,44)31-12-8-5-9-13-31/h4-17,19-21,24,32H,3,18,22-23H2,1-2H3,(H,38,42)/t24-,32-/m1/s1. The highest BCUT2D eigenvalue weighted by atomic mass is 79.9. The van der Waals surface area contributed by atoms with Crippen LogP contribution < -0.4 is 9.62 Å². The molecule has 0 heterocycles. The highest BCUT2D eigenvalue weighted by Gasteiger charge is 2.35. The van der Waals surface area contributed by atoms with E-state index in [1.165, 1.54) is 35.2 Å². The lowest BCUT2D eigenvalue weighted by molar-refractivity contribution is -0.140. The van der Waals surface area contributed by atoms with Crippen molar-refractivity contribution in [2.24, 2.45) is 0 Å². The summed E-state index contributed by atoms with van der Waals surface area (Å²) >= 11 is 16.0. The zero-order chi connectivity index (χ0) is 32.6. The number of hydrogen-bond acceptors (Lipinski definition) is 4. The molecule has 4 aromatic carbocycles. The predicted octanol–water partition coefficient (Wildman–Crippen LogP) is 7.51. The van der Waals surface area contributed by atoms with Gasteiger partial charge in [0.25, 0.3) is 10.0 Å². The molecular formula is C34H34BrCl2N3O4S. The SMILES string of the molecule is CC[C@@H](C)NC(=O)[C@@H](Cc1ccccc1)N(Cc1ccc(Br)cc1)C(=O)CN(c1cc(Cl)cc(Cl)c1)S(=O)(=O)c1ccccc1. The van der Waals surface area contributed by atoms with Crippen molar-refractivity contribution < 1.29 is 18.0 Å². The van der Waals surface area contributed by atoms with Crippen molar-refractivity contribution in [3.63, 3.8) is 0 Å². The second-order valence-electron chi connectivity index (χ2n) is 10.6. The normalized spacial score (nSPS) is 12.6. The van der Waals surface area contributed by atoms with Gasteiger partial charge in [-0.3, -0.25) is 13.9 Å². The van der Waals surface area contributed by atoms with Gasteiger partial charge in [0.05, 0.1) is 10.6 Å². The number of carbonyl (C=O) groups is 2. The molecule has 2 amide bonds. The van der Waals surface area contributed by atoms with Gasteiger partial charge in [-0.2, -0.15) is 0 Å². The molecule has 236 valence electrons. The Morgan fingerprint density at radius 2 is 1.42 bits per heavy atom. The molecule has 1 N–H and O–H groups in total. The van der Waals surface area contributed by atoms with Gasteiger partial charge >= 0.3 is 0 Å². The lowest BCUT2D eigenvalue weighted by atomic mass is 10.0. The third-order valence-electron chi connectivity index (χ3n) is 7.28. The minimum absolute atomic E-state index is 0.0105. The monoisotopic (exact) mass is 729 g/mol. The van der Waals surface area contributed by atoms with E-state index >= 15 is 0 Å². The van der Waals surface area contributed by atoms with Crippen molar-refractivity contribution in [1.29, 1.82) is 0 Å². The molecule has 0 aliphatic carbocycles. The van der Waals surface area contributed by atoms with E-state index in [-0.39, 0.29) is 45.5 Å². The van der Waals surface area contributed by atoms with E-state index in [9.17, 15) is 18.0 Å². The van der Waals surface area contributed by atoms with Gasteiger partial charge in [0.15, 0.2) is 0 Å². The smallest absolute Gasteiger partial charge is 0.264 e. The Morgan fingerprint density at radius 1 is 0.844 bits per heavy atom. The van der Waals surface area contributed by atoms with Crippen LogP contribution in [0.15, 0.2) is 112 Å². The van der Waals surface area contributed by atoms with Crippen LogP contribution in [-0.4, -0.2) is 43.8 Å². The summed E-state index contributed by atoms with van der Waals surface area (Å²) in [6, 6.07) is 27.9. The Labute approximate surface area is 283 Å². The minimum Gasteiger partial charge on any atom is -0.352 e. The molecular weight excluding hydrogens is 697 g/mol. The number of carbonyl (C=O) groups excluding carboxylic acids is 2. The number of sulfonamides is 1. The molecule has 0 fully saturated rings. The van der Waals surface area contributed by atoms with Crippen LogP contribution in [0.5, 0.6) is 0 Å². The summed E-state index contributed by atoms with van der Waals surface area (Å²) in [6.45, 7) is 3.32. The average molecular weight is 732 g/mol. The third-order valence-corrected chi connectivity index (χ3v) is 10.0. The first-order valence-corrected chi connectivity index (χ1v) is 17.4. The molecule has 0 aromatic heterocycles. The zero-order valence-electron chi connectivity index (χ0n) is 24.9. The number of halogens is 3. The highest BCUT2D eigenvalue weighted by molar-refractivity contribution is 9.10. The molecule has 4 rings (SSSR count). The van der Waals surface area contributed by atoms with Crippen LogP contribution in [0, 0.1) is 0 Å². The number of benzene rings is 4. The summed E-state index contributed by atoms with van der Waals surface area (Å²) in [6.07, 6.45) is 0.920. The Hall–Kier alpha value is -3.37. The first-order valence-electron chi connectivity index (χ1n) is 14.4. The van der Waals surface area contributed by atoms with Gasteiger partial charge < -0.3 is 10.2 Å². The number of anilines is 1. The summed E-state index contributed by atoms with van der Waals surface area (Å²) in [5.41, 5.74) is 1.74. The fourth-order valence-electron chi connectivity index (χ4n) is 4.71.